The Kier molecular flexibility index (Phi) is 1.61. The zero-order chi connectivity index (χ0) is 9.54. The summed E-state index contributed by atoms with van der Waals surface area (Å²) in [5, 5.41) is 0. The van der Waals surface area contributed by atoms with Gasteiger partial charge >= 0.3 is 0 Å². The molecule has 0 radical (unpaired) electrons. The molecule has 1 unspecified atom stereocenters. The van der Waals surface area contributed by atoms with Crippen molar-refractivity contribution in [1.29, 1.82) is 0 Å². The number of para-hydroxylation sites is 2. The van der Waals surface area contributed by atoms with Crippen molar-refractivity contribution in [2.45, 2.75) is 25.4 Å². The van der Waals surface area contributed by atoms with E-state index in [2.05, 4.69) is 27.8 Å². The highest BCUT2D eigenvalue weighted by Gasteiger charge is 2.18. The summed E-state index contributed by atoms with van der Waals surface area (Å²) in [5.74, 6) is 1.19. The zero-order valence-electron chi connectivity index (χ0n) is 7.98. The number of aryl methyl sites for hydroxylation is 1. The van der Waals surface area contributed by atoms with Crippen molar-refractivity contribution in [3.05, 3.63) is 30.1 Å². The molecule has 14 heavy (non-hydrogen) atoms. The largest absolute Gasteiger partial charge is 0.326 e. The van der Waals surface area contributed by atoms with Crippen molar-refractivity contribution in [1.82, 2.24) is 9.55 Å². The molecule has 2 aromatic rings. The number of hydrogen-bond donors (Lipinski definition) is 1. The van der Waals surface area contributed by atoms with Crippen LogP contribution in [0.4, 0.5) is 0 Å². The summed E-state index contributed by atoms with van der Waals surface area (Å²) in [6.07, 6.45) is 2.07. The molecule has 1 aromatic heterocycles. The van der Waals surface area contributed by atoms with Crippen molar-refractivity contribution >= 4 is 11.0 Å². The highest BCUT2D eigenvalue weighted by atomic mass is 15.1. The van der Waals surface area contributed by atoms with Crippen LogP contribution in [0.15, 0.2) is 24.3 Å². The predicted molar refractivity (Wildman–Crippen MR) is 56.0 cm³/mol. The Morgan fingerprint density at radius 2 is 2.21 bits per heavy atom. The van der Waals surface area contributed by atoms with Crippen LogP contribution in [-0.4, -0.2) is 15.6 Å². The molecule has 1 atom stereocenters. The molecule has 0 saturated carbocycles. The second-order valence-corrected chi connectivity index (χ2v) is 3.93. The topological polar surface area (TPSA) is 43.8 Å². The molecule has 1 aliphatic rings. The summed E-state index contributed by atoms with van der Waals surface area (Å²) >= 11 is 0. The SMILES string of the molecule is NC1CCc2nc3ccccc3n2C1. The smallest absolute Gasteiger partial charge is 0.109 e. The van der Waals surface area contributed by atoms with E-state index in [4.69, 9.17) is 5.73 Å². The third kappa shape index (κ3) is 1.06. The van der Waals surface area contributed by atoms with E-state index in [-0.39, 0.29) is 0 Å². The Labute approximate surface area is 82.5 Å². The first-order chi connectivity index (χ1) is 6.84. The number of rotatable bonds is 0. The van der Waals surface area contributed by atoms with E-state index in [1.165, 1.54) is 11.3 Å². The Bertz CT molecular complexity index is 472. The van der Waals surface area contributed by atoms with Crippen LogP contribution >= 0.6 is 0 Å². The molecule has 1 aliphatic heterocycles. The van der Waals surface area contributed by atoms with Crippen LogP contribution in [0.5, 0.6) is 0 Å². The van der Waals surface area contributed by atoms with Crippen LogP contribution in [0.3, 0.4) is 0 Å². The lowest BCUT2D eigenvalue weighted by Crippen LogP contribution is -2.31. The van der Waals surface area contributed by atoms with Crippen LogP contribution in [0.25, 0.3) is 11.0 Å². The maximum absolute atomic E-state index is 5.95. The van der Waals surface area contributed by atoms with Gasteiger partial charge in [-0.1, -0.05) is 12.1 Å². The summed E-state index contributed by atoms with van der Waals surface area (Å²) in [4.78, 5) is 4.60. The number of fused-ring (bicyclic) bond motifs is 3. The normalized spacial score (nSPS) is 21.1. The number of benzene rings is 1. The predicted octanol–water partition coefficient (Wildman–Crippen LogP) is 1.31. The summed E-state index contributed by atoms with van der Waals surface area (Å²) in [6.45, 7) is 0.913. The van der Waals surface area contributed by atoms with Gasteiger partial charge in [0.15, 0.2) is 0 Å². The van der Waals surface area contributed by atoms with Gasteiger partial charge in [0.25, 0.3) is 0 Å². The summed E-state index contributed by atoms with van der Waals surface area (Å²) in [6, 6.07) is 8.55. The molecule has 0 aliphatic carbocycles. The molecule has 72 valence electrons. The molecular weight excluding hydrogens is 174 g/mol. The molecule has 3 heteroatoms. The van der Waals surface area contributed by atoms with Crippen molar-refractivity contribution in [2.24, 2.45) is 5.73 Å². The van der Waals surface area contributed by atoms with Crippen molar-refractivity contribution in [3.8, 4) is 0 Å². The monoisotopic (exact) mass is 187 g/mol. The number of aromatic nitrogens is 2. The second-order valence-electron chi connectivity index (χ2n) is 3.93. The van der Waals surface area contributed by atoms with Crippen molar-refractivity contribution < 1.29 is 0 Å². The van der Waals surface area contributed by atoms with Crippen molar-refractivity contribution in [2.75, 3.05) is 0 Å². The van der Waals surface area contributed by atoms with Gasteiger partial charge in [-0.2, -0.15) is 0 Å². The van der Waals surface area contributed by atoms with Crippen molar-refractivity contribution in [3.63, 3.8) is 0 Å². The minimum absolute atomic E-state index is 0.292. The molecule has 0 amide bonds. The molecule has 2 heterocycles. The molecule has 0 saturated heterocycles. The molecule has 0 spiro atoms. The van der Waals surface area contributed by atoms with E-state index >= 15 is 0 Å². The molecule has 2 N–H and O–H groups in total. The van der Waals surface area contributed by atoms with Crippen LogP contribution < -0.4 is 5.73 Å². The molecule has 0 bridgehead atoms. The molecule has 3 rings (SSSR count). The van der Waals surface area contributed by atoms with Crippen LogP contribution in [0.1, 0.15) is 12.2 Å². The van der Waals surface area contributed by atoms with Gasteiger partial charge in [-0.25, -0.2) is 4.98 Å². The summed E-state index contributed by atoms with van der Waals surface area (Å²) in [7, 11) is 0. The number of nitrogens with two attached hydrogens (primary N) is 1. The highest BCUT2D eigenvalue weighted by molar-refractivity contribution is 5.76. The Morgan fingerprint density at radius 1 is 1.36 bits per heavy atom. The first-order valence-electron chi connectivity index (χ1n) is 5.04. The minimum Gasteiger partial charge on any atom is -0.326 e. The fourth-order valence-electron chi connectivity index (χ4n) is 2.16. The van der Waals surface area contributed by atoms with E-state index in [0.29, 0.717) is 6.04 Å². The average Bonchev–Trinajstić information content (AvgIpc) is 2.56. The fraction of sp³-hybridized carbons (Fsp3) is 0.364. The maximum atomic E-state index is 5.95. The molecular formula is C11H13N3. The Morgan fingerprint density at radius 3 is 3.14 bits per heavy atom. The zero-order valence-corrected chi connectivity index (χ0v) is 7.98. The van der Waals surface area contributed by atoms with E-state index in [1.54, 1.807) is 0 Å². The van der Waals surface area contributed by atoms with Crippen LogP contribution in [0.2, 0.25) is 0 Å². The van der Waals surface area contributed by atoms with Gasteiger partial charge in [-0.05, 0) is 18.6 Å². The fourth-order valence-corrected chi connectivity index (χ4v) is 2.16. The Hall–Kier alpha value is -1.35. The van der Waals surface area contributed by atoms with E-state index < -0.39 is 0 Å². The van der Waals surface area contributed by atoms with Crippen LogP contribution in [0, 0.1) is 0 Å². The highest BCUT2D eigenvalue weighted by Crippen LogP contribution is 2.21. The molecule has 0 fully saturated rings. The number of nitrogens with zero attached hydrogens (tertiary/aromatic N) is 2. The lowest BCUT2D eigenvalue weighted by Gasteiger charge is -2.20. The van der Waals surface area contributed by atoms with Gasteiger partial charge in [0, 0.05) is 19.0 Å². The summed E-state index contributed by atoms with van der Waals surface area (Å²) in [5.41, 5.74) is 8.27. The average molecular weight is 187 g/mol. The van der Waals surface area contributed by atoms with E-state index in [0.717, 1.165) is 24.9 Å². The van der Waals surface area contributed by atoms with Crippen LogP contribution in [-0.2, 0) is 13.0 Å². The molecule has 1 aromatic carbocycles. The number of hydrogen-bond acceptors (Lipinski definition) is 2. The van der Waals surface area contributed by atoms with Gasteiger partial charge in [0.05, 0.1) is 11.0 Å². The second kappa shape index (κ2) is 2.82. The minimum atomic E-state index is 0.292. The van der Waals surface area contributed by atoms with Gasteiger partial charge in [-0.3, -0.25) is 0 Å². The van der Waals surface area contributed by atoms with E-state index in [1.807, 2.05) is 6.07 Å². The Balaban J connectivity index is 2.25. The third-order valence-corrected chi connectivity index (χ3v) is 2.89. The van der Waals surface area contributed by atoms with Gasteiger partial charge in [0.1, 0.15) is 5.82 Å². The van der Waals surface area contributed by atoms with Gasteiger partial charge in [0.2, 0.25) is 0 Å². The first kappa shape index (κ1) is 8.00. The lowest BCUT2D eigenvalue weighted by molar-refractivity contribution is 0.461. The lowest BCUT2D eigenvalue weighted by atomic mass is 10.1. The van der Waals surface area contributed by atoms with Gasteiger partial charge < -0.3 is 10.3 Å². The first-order valence-corrected chi connectivity index (χ1v) is 5.04. The molecule has 3 nitrogen and oxygen atoms in total. The third-order valence-electron chi connectivity index (χ3n) is 2.89. The van der Waals surface area contributed by atoms with Gasteiger partial charge in [-0.15, -0.1) is 0 Å². The maximum Gasteiger partial charge on any atom is 0.109 e. The standard InChI is InChI=1S/C11H13N3/c12-8-5-6-11-13-9-3-1-2-4-10(9)14(11)7-8/h1-4,8H,5-7,12H2. The number of imidazole rings is 1. The quantitative estimate of drug-likeness (QED) is 0.675. The van der Waals surface area contributed by atoms with E-state index in [9.17, 15) is 0 Å². The summed E-state index contributed by atoms with van der Waals surface area (Å²) < 4.78 is 2.25.